The summed E-state index contributed by atoms with van der Waals surface area (Å²) in [6.45, 7) is 2.13. The third-order valence-electron chi connectivity index (χ3n) is 4.77. The molecule has 0 amide bonds. The molecule has 21 heavy (non-hydrogen) atoms. The van der Waals surface area contributed by atoms with Crippen molar-refractivity contribution in [1.82, 2.24) is 0 Å². The second-order valence-corrected chi connectivity index (χ2v) is 6.83. The van der Waals surface area contributed by atoms with Gasteiger partial charge in [-0.2, -0.15) is 0 Å². The molecule has 0 spiro atoms. The van der Waals surface area contributed by atoms with Gasteiger partial charge in [0, 0.05) is 6.42 Å². The molecule has 1 heterocycles. The van der Waals surface area contributed by atoms with Crippen LogP contribution in [0.4, 0.5) is 0 Å². The largest absolute Gasteiger partial charge is 0.490 e. The lowest BCUT2D eigenvalue weighted by Crippen LogP contribution is -2.19. The van der Waals surface area contributed by atoms with Crippen molar-refractivity contribution in [1.29, 1.82) is 0 Å². The van der Waals surface area contributed by atoms with E-state index in [2.05, 4.69) is 49.4 Å². The molecule has 0 saturated carbocycles. The second kappa shape index (κ2) is 5.06. The Labute approximate surface area is 130 Å². The van der Waals surface area contributed by atoms with E-state index in [1.165, 1.54) is 22.3 Å². The highest BCUT2D eigenvalue weighted by Gasteiger charge is 2.34. The van der Waals surface area contributed by atoms with E-state index in [0.29, 0.717) is 5.92 Å². The predicted molar refractivity (Wildman–Crippen MR) is 86.1 cm³/mol. The van der Waals surface area contributed by atoms with Crippen molar-refractivity contribution in [2.24, 2.45) is 5.92 Å². The minimum atomic E-state index is 0.134. The summed E-state index contributed by atoms with van der Waals surface area (Å²) in [6.07, 6.45) is 3.42. The van der Waals surface area contributed by atoms with Crippen LogP contribution in [0.3, 0.4) is 0 Å². The van der Waals surface area contributed by atoms with Crippen LogP contribution in [-0.2, 0) is 12.8 Å². The third-order valence-corrected chi connectivity index (χ3v) is 5.36. The molecular weight excluding hydrogens is 280 g/mol. The van der Waals surface area contributed by atoms with Gasteiger partial charge in [0.15, 0.2) is 0 Å². The highest BCUT2D eigenvalue weighted by atomic mass is 35.5. The minimum absolute atomic E-state index is 0.134. The van der Waals surface area contributed by atoms with Gasteiger partial charge in [-0.05, 0) is 48.4 Å². The Morgan fingerprint density at radius 1 is 1.10 bits per heavy atom. The summed E-state index contributed by atoms with van der Waals surface area (Å²) in [5.41, 5.74) is 5.38. The topological polar surface area (TPSA) is 9.23 Å². The lowest BCUT2D eigenvalue weighted by molar-refractivity contribution is 0.194. The Balaban J connectivity index is 1.48. The van der Waals surface area contributed by atoms with Crippen molar-refractivity contribution in [2.45, 2.75) is 37.7 Å². The van der Waals surface area contributed by atoms with Crippen LogP contribution in [0.15, 0.2) is 42.5 Å². The number of rotatable bonds is 2. The third kappa shape index (κ3) is 2.34. The van der Waals surface area contributed by atoms with Gasteiger partial charge in [-0.15, -0.1) is 11.6 Å². The zero-order chi connectivity index (χ0) is 14.4. The van der Waals surface area contributed by atoms with Crippen molar-refractivity contribution in [3.63, 3.8) is 0 Å². The first-order chi connectivity index (χ1) is 10.2. The van der Waals surface area contributed by atoms with Gasteiger partial charge in [0.05, 0.1) is 5.38 Å². The van der Waals surface area contributed by atoms with Crippen molar-refractivity contribution in [3.05, 3.63) is 64.7 Å². The number of hydrogen-bond acceptors (Lipinski definition) is 1. The number of ether oxygens (including phenoxy) is 1. The van der Waals surface area contributed by atoms with Gasteiger partial charge < -0.3 is 4.74 Å². The van der Waals surface area contributed by atoms with Crippen molar-refractivity contribution in [2.75, 3.05) is 0 Å². The summed E-state index contributed by atoms with van der Waals surface area (Å²) >= 11 is 6.67. The molecule has 4 rings (SSSR count). The minimum Gasteiger partial charge on any atom is -0.490 e. The maximum absolute atomic E-state index is 6.67. The molecule has 3 atom stereocenters. The molecule has 0 fully saturated rings. The van der Waals surface area contributed by atoms with Crippen LogP contribution in [-0.4, -0.2) is 6.10 Å². The van der Waals surface area contributed by atoms with E-state index in [1.54, 1.807) is 0 Å². The summed E-state index contributed by atoms with van der Waals surface area (Å²) in [5.74, 6) is 1.55. The molecule has 1 aliphatic heterocycles. The Hall–Kier alpha value is -1.47. The van der Waals surface area contributed by atoms with Gasteiger partial charge in [0.2, 0.25) is 0 Å². The molecule has 108 valence electrons. The summed E-state index contributed by atoms with van der Waals surface area (Å²) in [4.78, 5) is 0. The van der Waals surface area contributed by atoms with Crippen molar-refractivity contribution < 1.29 is 4.74 Å². The fraction of sp³-hybridized carbons (Fsp3) is 0.368. The van der Waals surface area contributed by atoms with E-state index in [0.717, 1.165) is 25.0 Å². The molecule has 2 aromatic carbocycles. The first-order valence-corrected chi connectivity index (χ1v) is 8.12. The molecule has 1 nitrogen and oxygen atoms in total. The molecule has 3 unspecified atom stereocenters. The molecule has 1 aliphatic carbocycles. The Morgan fingerprint density at radius 2 is 1.95 bits per heavy atom. The quantitative estimate of drug-likeness (QED) is 0.721. The average molecular weight is 299 g/mol. The van der Waals surface area contributed by atoms with Gasteiger partial charge in [-0.1, -0.05) is 42.0 Å². The number of benzene rings is 2. The van der Waals surface area contributed by atoms with Crippen LogP contribution in [0.1, 0.15) is 34.1 Å². The zero-order valence-electron chi connectivity index (χ0n) is 12.2. The van der Waals surface area contributed by atoms with E-state index < -0.39 is 0 Å². The van der Waals surface area contributed by atoms with Crippen LogP contribution in [0.5, 0.6) is 5.75 Å². The zero-order valence-corrected chi connectivity index (χ0v) is 12.9. The first-order valence-electron chi connectivity index (χ1n) is 7.69. The molecule has 0 bridgehead atoms. The fourth-order valence-electron chi connectivity index (χ4n) is 3.75. The maximum atomic E-state index is 6.67. The van der Waals surface area contributed by atoms with Crippen molar-refractivity contribution in [3.8, 4) is 5.75 Å². The summed E-state index contributed by atoms with van der Waals surface area (Å²) < 4.78 is 6.11. The highest BCUT2D eigenvalue weighted by Crippen LogP contribution is 2.44. The number of fused-ring (bicyclic) bond motifs is 2. The maximum Gasteiger partial charge on any atom is 0.123 e. The predicted octanol–water partition coefficient (Wildman–Crippen LogP) is 4.84. The van der Waals surface area contributed by atoms with Gasteiger partial charge in [0.25, 0.3) is 0 Å². The lowest BCUT2D eigenvalue weighted by Gasteiger charge is -2.18. The number of hydrogen-bond donors (Lipinski definition) is 0. The summed E-state index contributed by atoms with van der Waals surface area (Å²) in [7, 11) is 0. The van der Waals surface area contributed by atoms with Gasteiger partial charge in [0.1, 0.15) is 11.9 Å². The molecule has 0 radical (unpaired) electrons. The molecular formula is C19H19ClO. The molecule has 2 aliphatic rings. The normalized spacial score (nSPS) is 26.3. The van der Waals surface area contributed by atoms with Crippen LogP contribution >= 0.6 is 11.6 Å². The highest BCUT2D eigenvalue weighted by molar-refractivity contribution is 6.21. The SMILES string of the molecule is Cc1ccc2c(c1)CC(CC1Cc3ccccc3C1Cl)O2. The summed E-state index contributed by atoms with van der Waals surface area (Å²) in [6, 6.07) is 15.0. The van der Waals surface area contributed by atoms with Crippen molar-refractivity contribution >= 4 is 11.6 Å². The molecule has 0 N–H and O–H groups in total. The van der Waals surface area contributed by atoms with Gasteiger partial charge in [-0.25, -0.2) is 0 Å². The van der Waals surface area contributed by atoms with E-state index in [1.807, 2.05) is 0 Å². The number of aryl methyl sites for hydroxylation is 1. The van der Waals surface area contributed by atoms with Crippen LogP contribution in [0.25, 0.3) is 0 Å². The Morgan fingerprint density at radius 3 is 2.81 bits per heavy atom. The lowest BCUT2D eigenvalue weighted by atomic mass is 9.95. The van der Waals surface area contributed by atoms with E-state index in [4.69, 9.17) is 16.3 Å². The Bertz CT molecular complexity index is 679. The van der Waals surface area contributed by atoms with Gasteiger partial charge >= 0.3 is 0 Å². The second-order valence-electron chi connectivity index (χ2n) is 6.36. The van der Waals surface area contributed by atoms with E-state index in [-0.39, 0.29) is 11.5 Å². The standard InChI is InChI=1S/C19H19ClO/c1-12-6-7-18-14(8-12)10-16(21-18)11-15-9-13-4-2-3-5-17(13)19(15)20/h2-8,15-16,19H,9-11H2,1H3. The van der Waals surface area contributed by atoms with Crippen LogP contribution in [0.2, 0.25) is 0 Å². The van der Waals surface area contributed by atoms with Crippen LogP contribution in [0, 0.1) is 12.8 Å². The number of halogens is 1. The monoisotopic (exact) mass is 298 g/mol. The van der Waals surface area contributed by atoms with Crippen LogP contribution < -0.4 is 4.74 Å². The fourth-order valence-corrected chi connectivity index (χ4v) is 4.15. The Kier molecular flexibility index (Phi) is 3.19. The average Bonchev–Trinajstić information content (AvgIpc) is 3.01. The molecule has 0 saturated heterocycles. The number of alkyl halides is 1. The van der Waals surface area contributed by atoms with E-state index in [9.17, 15) is 0 Å². The molecule has 2 aromatic rings. The first kappa shape index (κ1) is 13.2. The summed E-state index contributed by atoms with van der Waals surface area (Å²) in [5, 5.41) is 0.134. The molecule has 0 aromatic heterocycles. The molecule has 2 heteroatoms. The van der Waals surface area contributed by atoms with Gasteiger partial charge in [-0.3, -0.25) is 0 Å². The smallest absolute Gasteiger partial charge is 0.123 e. The van der Waals surface area contributed by atoms with E-state index >= 15 is 0 Å².